The first-order valence-electron chi connectivity index (χ1n) is 3.86. The van der Waals surface area contributed by atoms with E-state index in [0.29, 0.717) is 0 Å². The smallest absolute Gasteiger partial charge is 0.355 e. The summed E-state index contributed by atoms with van der Waals surface area (Å²) >= 11 is 0. The zero-order valence-electron chi connectivity index (χ0n) is 7.89. The van der Waals surface area contributed by atoms with Crippen LogP contribution in [0.5, 0.6) is 0 Å². The van der Waals surface area contributed by atoms with Crippen molar-refractivity contribution in [3.05, 3.63) is 11.4 Å². The molecule has 0 aromatic carbocycles. The van der Waals surface area contributed by atoms with Gasteiger partial charge in [-0.05, 0) is 0 Å². The van der Waals surface area contributed by atoms with Crippen molar-refractivity contribution in [2.45, 2.75) is 6.04 Å². The molecular weight excluding hydrogens is 188 g/mol. The average Bonchev–Trinajstić information content (AvgIpc) is 2.23. The van der Waals surface area contributed by atoms with Crippen LogP contribution in [0.3, 0.4) is 0 Å². The van der Waals surface area contributed by atoms with Gasteiger partial charge in [-0.2, -0.15) is 0 Å². The summed E-state index contributed by atoms with van der Waals surface area (Å²) in [6.07, 6.45) is 0. The van der Waals surface area contributed by atoms with Gasteiger partial charge in [-0.25, -0.2) is 9.80 Å². The van der Waals surface area contributed by atoms with E-state index in [1.807, 2.05) is 0 Å². The van der Waals surface area contributed by atoms with Gasteiger partial charge in [-0.3, -0.25) is 9.80 Å². The zero-order chi connectivity index (χ0) is 11.0. The fraction of sp³-hybridized carbons (Fsp3) is 0.429. The summed E-state index contributed by atoms with van der Waals surface area (Å²) < 4.78 is 0. The quantitative estimate of drug-likeness (QED) is 0.470. The minimum Gasteiger partial charge on any atom is -0.476 e. The molecule has 0 spiro atoms. The number of carboxylic acid groups (broad SMARTS) is 1. The third-order valence-electron chi connectivity index (χ3n) is 2.21. The van der Waals surface area contributed by atoms with Gasteiger partial charge in [0.15, 0.2) is 5.70 Å². The maximum atomic E-state index is 11.0. The Morgan fingerprint density at radius 3 is 2.14 bits per heavy atom. The minimum absolute atomic E-state index is 0.0324. The molecule has 0 aromatic rings. The first-order valence-corrected chi connectivity index (χ1v) is 3.86. The second-order valence-corrected chi connectivity index (χ2v) is 3.01. The number of rotatable bonds is 2. The lowest BCUT2D eigenvalue weighted by Crippen LogP contribution is -2.46. The molecule has 0 saturated heterocycles. The van der Waals surface area contributed by atoms with Crippen LogP contribution in [0.4, 0.5) is 0 Å². The highest BCUT2D eigenvalue weighted by atomic mass is 16.4. The molecule has 0 aromatic heterocycles. The van der Waals surface area contributed by atoms with Crippen LogP contribution in [0, 0.1) is 0 Å². The van der Waals surface area contributed by atoms with Crippen molar-refractivity contribution in [2.24, 2.45) is 11.5 Å². The molecule has 0 fully saturated rings. The van der Waals surface area contributed by atoms with E-state index in [4.69, 9.17) is 16.6 Å². The SMILES string of the molecule is CN1C(C(=O)O)=C(N)C(C(N)=O)N1C. The summed E-state index contributed by atoms with van der Waals surface area (Å²) in [4.78, 5) is 21.8. The molecule has 7 nitrogen and oxygen atoms in total. The largest absolute Gasteiger partial charge is 0.476 e. The van der Waals surface area contributed by atoms with E-state index >= 15 is 0 Å². The summed E-state index contributed by atoms with van der Waals surface area (Å²) in [6.45, 7) is 0. The average molecular weight is 200 g/mol. The molecule has 1 aliphatic rings. The Hall–Kier alpha value is -1.76. The number of carboxylic acids is 1. The Morgan fingerprint density at radius 1 is 1.43 bits per heavy atom. The van der Waals surface area contributed by atoms with Crippen LogP contribution >= 0.6 is 0 Å². The lowest BCUT2D eigenvalue weighted by molar-refractivity contribution is -0.136. The number of nitrogens with two attached hydrogens (primary N) is 2. The van der Waals surface area contributed by atoms with Gasteiger partial charge in [0.05, 0.1) is 5.70 Å². The lowest BCUT2D eigenvalue weighted by Gasteiger charge is -2.25. The minimum atomic E-state index is -1.18. The number of aliphatic carboxylic acids is 1. The first-order chi connectivity index (χ1) is 6.37. The Kier molecular flexibility index (Phi) is 2.35. The second kappa shape index (κ2) is 3.18. The summed E-state index contributed by atoms with van der Waals surface area (Å²) in [5, 5.41) is 11.5. The van der Waals surface area contributed by atoms with Crippen LogP contribution in [-0.4, -0.2) is 47.1 Å². The maximum absolute atomic E-state index is 11.0. The molecule has 1 amide bonds. The molecule has 1 heterocycles. The summed E-state index contributed by atoms with van der Waals surface area (Å²) in [5.41, 5.74) is 10.5. The lowest BCUT2D eigenvalue weighted by atomic mass is 10.2. The van der Waals surface area contributed by atoms with Crippen LogP contribution < -0.4 is 11.5 Å². The van der Waals surface area contributed by atoms with Gasteiger partial charge in [0.2, 0.25) is 5.91 Å². The highest BCUT2D eigenvalue weighted by Gasteiger charge is 2.39. The molecule has 7 heteroatoms. The third kappa shape index (κ3) is 1.27. The fourth-order valence-corrected chi connectivity index (χ4v) is 1.45. The van der Waals surface area contributed by atoms with E-state index in [1.165, 1.54) is 24.1 Å². The van der Waals surface area contributed by atoms with E-state index in [-0.39, 0.29) is 11.4 Å². The van der Waals surface area contributed by atoms with E-state index < -0.39 is 17.9 Å². The number of amides is 1. The predicted molar refractivity (Wildman–Crippen MR) is 47.4 cm³/mol. The number of carbonyl (C=O) groups excluding carboxylic acids is 1. The molecule has 1 atom stereocenters. The number of carbonyl (C=O) groups is 2. The molecule has 14 heavy (non-hydrogen) atoms. The number of likely N-dealkylation sites (N-methyl/N-ethyl adjacent to an activating group) is 2. The van der Waals surface area contributed by atoms with Gasteiger partial charge in [0.1, 0.15) is 6.04 Å². The molecule has 1 rings (SSSR count). The van der Waals surface area contributed by atoms with Crippen molar-refractivity contribution in [2.75, 3.05) is 14.1 Å². The summed E-state index contributed by atoms with van der Waals surface area (Å²) in [6, 6.07) is -0.883. The normalized spacial score (nSPS) is 23.0. The standard InChI is InChI=1S/C7H12N4O3/c1-10-4(6(9)12)3(8)5(7(13)14)11(10)2/h4H,8H2,1-2H3,(H2,9,12)(H,13,14). The Morgan fingerprint density at radius 2 is 1.93 bits per heavy atom. The van der Waals surface area contributed by atoms with Crippen LogP contribution in [0.1, 0.15) is 0 Å². The van der Waals surface area contributed by atoms with Crippen LogP contribution in [0.2, 0.25) is 0 Å². The molecule has 78 valence electrons. The van der Waals surface area contributed by atoms with Crippen molar-refractivity contribution < 1.29 is 14.7 Å². The van der Waals surface area contributed by atoms with Crippen LogP contribution in [-0.2, 0) is 9.59 Å². The van der Waals surface area contributed by atoms with E-state index in [0.717, 1.165) is 0 Å². The van der Waals surface area contributed by atoms with Gasteiger partial charge in [-0.1, -0.05) is 0 Å². The first kappa shape index (κ1) is 10.3. The Labute approximate surface area is 80.5 Å². The van der Waals surface area contributed by atoms with Gasteiger partial charge < -0.3 is 16.6 Å². The zero-order valence-corrected chi connectivity index (χ0v) is 7.89. The van der Waals surface area contributed by atoms with Crippen molar-refractivity contribution in [3.8, 4) is 0 Å². The molecule has 5 N–H and O–H groups in total. The van der Waals surface area contributed by atoms with Crippen molar-refractivity contribution in [3.63, 3.8) is 0 Å². The molecule has 0 aliphatic carbocycles. The van der Waals surface area contributed by atoms with Gasteiger partial charge in [0.25, 0.3) is 0 Å². The number of hydrogen-bond acceptors (Lipinski definition) is 5. The third-order valence-corrected chi connectivity index (χ3v) is 2.21. The molecule has 1 aliphatic heterocycles. The molecule has 0 saturated carbocycles. The molecule has 0 bridgehead atoms. The highest BCUT2D eigenvalue weighted by Crippen LogP contribution is 2.22. The summed E-state index contributed by atoms with van der Waals surface area (Å²) in [5.74, 6) is -1.85. The molecule has 1 unspecified atom stereocenters. The van der Waals surface area contributed by atoms with Gasteiger partial charge in [-0.15, -0.1) is 0 Å². The van der Waals surface area contributed by atoms with E-state index in [1.54, 1.807) is 0 Å². The van der Waals surface area contributed by atoms with Gasteiger partial charge in [0, 0.05) is 14.1 Å². The van der Waals surface area contributed by atoms with Crippen molar-refractivity contribution in [1.82, 2.24) is 10.0 Å². The van der Waals surface area contributed by atoms with E-state index in [2.05, 4.69) is 0 Å². The fourth-order valence-electron chi connectivity index (χ4n) is 1.45. The number of hydrazine groups is 1. The van der Waals surface area contributed by atoms with Crippen LogP contribution in [0.25, 0.3) is 0 Å². The number of nitrogens with zero attached hydrogens (tertiary/aromatic N) is 2. The Bertz CT molecular complexity index is 325. The molecular formula is C7H12N4O3. The number of primary amides is 1. The summed E-state index contributed by atoms with van der Waals surface area (Å²) in [7, 11) is 3.04. The van der Waals surface area contributed by atoms with Gasteiger partial charge >= 0.3 is 5.97 Å². The predicted octanol–water partition coefficient (Wildman–Crippen LogP) is -2.11. The number of hydrogen-bond donors (Lipinski definition) is 3. The Balaban J connectivity index is 3.16. The van der Waals surface area contributed by atoms with E-state index in [9.17, 15) is 9.59 Å². The van der Waals surface area contributed by atoms with Crippen molar-refractivity contribution in [1.29, 1.82) is 0 Å². The monoisotopic (exact) mass is 200 g/mol. The highest BCUT2D eigenvalue weighted by molar-refractivity contribution is 5.92. The topological polar surface area (TPSA) is 113 Å². The van der Waals surface area contributed by atoms with Crippen molar-refractivity contribution >= 4 is 11.9 Å². The maximum Gasteiger partial charge on any atom is 0.355 e. The van der Waals surface area contributed by atoms with Crippen LogP contribution in [0.15, 0.2) is 11.4 Å². The second-order valence-electron chi connectivity index (χ2n) is 3.01. The molecule has 0 radical (unpaired) electrons.